The number of aliphatic hydroxyl groups excluding tert-OH is 8. The number of ether oxygens (including phenoxy) is 9. The molecule has 596 valence electrons. The summed E-state index contributed by atoms with van der Waals surface area (Å²) in [5.74, 6) is -15.9. The van der Waals surface area contributed by atoms with Gasteiger partial charge in [0.15, 0.2) is 24.4 Å². The standard InChI is InChI=1S/C17H25F2N3O6.C16H23F2N3O6.C15H21F2N3O6.C13H17F2N3O7/c1-2-3-4-5-6-9-27-16(26)21-12-7-8-22(15(25)20-12)14-17(18,19)13(24)11(10-23)28-14;1-2-3-4-5-8-26-15(25)20-11-6-7-21(14(24)19-11)13-16(17,18)12(23)10(9-22)27-13;1-2-3-4-7-25-14(24)19-10-5-6-20(13(23)18-10)12-15(16,17)11(22)9(8-21)26-12;1-23-4-5-24-12(22)17-8-2-3-18(11(21)16-8)10-13(14,15)9(20)7(6-19)25-10/h7-8,11,13-14,23-24H,2-6,9-10H2,1H3,(H,20,21,25,26);6-7,10,12-13,22-23H,2-5,8-9H2,1H3,(H,19,20,24,25);5-6,9,11-12,21-22H,2-4,7-8H2,1H3,(H,18,19,23,24);2-3,7,9-10,19-20H,4-6H2,1H3,(H,16,17,21,22)/t11-,13-,14-;10-,12-,13-;9-,11-,12-;7-,9-,10-/m1111/s1. The number of hydrogen-bond acceptors (Lipinski definition) is 29. The van der Waals surface area contributed by atoms with Crippen LogP contribution in [0.4, 0.5) is 77.6 Å². The number of aliphatic hydroxyl groups is 8. The molecule has 0 radical (unpaired) electrons. The van der Waals surface area contributed by atoms with Gasteiger partial charge in [-0.1, -0.05) is 78.6 Å². The molecular weight excluding hydrogens is 1450 g/mol. The van der Waals surface area contributed by atoms with Gasteiger partial charge in [-0.05, 0) is 43.5 Å². The second kappa shape index (κ2) is 41.6. The van der Waals surface area contributed by atoms with Crippen molar-refractivity contribution in [1.82, 2.24) is 38.2 Å². The number of unbranched alkanes of at least 4 members (excludes halogenated alkanes) is 9. The van der Waals surface area contributed by atoms with Crippen molar-refractivity contribution < 1.29 is 138 Å². The minimum Gasteiger partial charge on any atom is -0.449 e. The number of rotatable bonds is 30. The first-order valence-electron chi connectivity index (χ1n) is 33.1. The molecule has 0 spiro atoms. The fourth-order valence-electron chi connectivity index (χ4n) is 9.98. The van der Waals surface area contributed by atoms with Crippen molar-refractivity contribution in [1.29, 1.82) is 0 Å². The van der Waals surface area contributed by atoms with Crippen LogP contribution in [-0.4, -0.2) is 243 Å². The zero-order chi connectivity index (χ0) is 78.7. The van der Waals surface area contributed by atoms with Crippen LogP contribution in [0.25, 0.3) is 0 Å². The number of carbonyl (C=O) groups excluding carboxylic acids is 4. The predicted octanol–water partition coefficient (Wildman–Crippen LogP) is 3.10. The van der Waals surface area contributed by atoms with E-state index in [4.69, 9.17) is 58.3 Å². The number of nitrogens with one attached hydrogen (secondary N) is 4. The molecule has 4 amide bonds. The lowest BCUT2D eigenvalue weighted by molar-refractivity contribution is -0.141. The Hall–Kier alpha value is -8.48. The quantitative estimate of drug-likeness (QED) is 0.0203. The van der Waals surface area contributed by atoms with E-state index in [0.717, 1.165) is 107 Å². The number of alkyl halides is 8. The first-order valence-corrected chi connectivity index (χ1v) is 33.1. The van der Waals surface area contributed by atoms with E-state index in [2.05, 4.69) is 59.8 Å². The van der Waals surface area contributed by atoms with Gasteiger partial charge in [-0.25, -0.2) is 38.4 Å². The van der Waals surface area contributed by atoms with Crippen molar-refractivity contribution in [3.8, 4) is 0 Å². The first-order chi connectivity index (χ1) is 50.2. The van der Waals surface area contributed by atoms with Crippen molar-refractivity contribution in [2.75, 3.05) is 87.8 Å². The summed E-state index contributed by atoms with van der Waals surface area (Å²) in [5.41, 5.74) is -4.51. The van der Waals surface area contributed by atoms with Crippen LogP contribution in [0.3, 0.4) is 0 Å². The number of methoxy groups -OCH3 is 1. The molecule has 45 heteroatoms. The normalized spacial score (nSPS) is 24.2. The minimum absolute atomic E-state index is 0.0258. The molecule has 8 rings (SSSR count). The lowest BCUT2D eigenvalue weighted by Gasteiger charge is -2.21. The van der Waals surface area contributed by atoms with Crippen LogP contribution in [0.1, 0.15) is 123 Å². The molecule has 106 heavy (non-hydrogen) atoms. The van der Waals surface area contributed by atoms with Gasteiger partial charge in [-0.15, -0.1) is 0 Å². The second-order valence-electron chi connectivity index (χ2n) is 23.5. The van der Waals surface area contributed by atoms with Crippen LogP contribution in [0, 0.1) is 0 Å². The number of halogens is 8. The number of aromatic nitrogens is 8. The van der Waals surface area contributed by atoms with E-state index in [0.29, 0.717) is 37.5 Å². The van der Waals surface area contributed by atoms with E-state index < -0.39 is 171 Å². The van der Waals surface area contributed by atoms with Crippen molar-refractivity contribution in [2.45, 2.75) is 195 Å². The van der Waals surface area contributed by atoms with Gasteiger partial charge in [0.05, 0.1) is 52.9 Å². The molecular formula is C61H86F8N12O25. The zero-order valence-electron chi connectivity index (χ0n) is 57.5. The Kier molecular flexibility index (Phi) is 34.6. The molecule has 4 saturated heterocycles. The van der Waals surface area contributed by atoms with Crippen LogP contribution in [0.2, 0.25) is 0 Å². The maximum Gasteiger partial charge on any atom is 0.412 e. The maximum absolute atomic E-state index is 14.1. The third-order valence-electron chi connectivity index (χ3n) is 15.7. The SMILES string of the molecule is CCCCCCCOC(=O)Nc1ccn([C@@H]2O[C@H](CO)[C@@H](O)C2(F)F)c(=O)n1.CCCCCCOC(=O)Nc1ccn([C@@H]2O[C@H](CO)[C@@H](O)C2(F)F)c(=O)n1.CCCCCOC(=O)Nc1ccn([C@@H]2O[C@H](CO)[C@@H](O)C2(F)F)c(=O)n1.COCCOC(=O)Nc1ccn([C@@H]2O[C@H](CO)[C@@H](O)C2(F)F)c(=O)n1. The number of anilines is 4. The van der Waals surface area contributed by atoms with Gasteiger partial charge in [0.2, 0.25) is 24.9 Å². The zero-order valence-corrected chi connectivity index (χ0v) is 57.5. The minimum atomic E-state index is -3.81. The highest BCUT2D eigenvalue weighted by molar-refractivity contribution is 5.84. The van der Waals surface area contributed by atoms with Gasteiger partial charge >= 0.3 is 70.8 Å². The molecule has 0 saturated carbocycles. The highest BCUT2D eigenvalue weighted by atomic mass is 19.3. The summed E-state index contributed by atoms with van der Waals surface area (Å²) in [6.45, 7) is 3.58. The molecule has 0 bridgehead atoms. The average Bonchev–Trinajstić information content (AvgIpc) is 1.64. The summed E-state index contributed by atoms with van der Waals surface area (Å²) in [4.78, 5) is 108. The van der Waals surface area contributed by atoms with Crippen LogP contribution < -0.4 is 44.0 Å². The molecule has 12 N–H and O–H groups in total. The summed E-state index contributed by atoms with van der Waals surface area (Å²) in [6.07, 6.45) is -12.0. The predicted molar refractivity (Wildman–Crippen MR) is 346 cm³/mol. The molecule has 4 aromatic heterocycles. The Morgan fingerprint density at radius 3 is 0.821 bits per heavy atom. The van der Waals surface area contributed by atoms with Crippen LogP contribution in [-0.2, 0) is 42.6 Å². The molecule has 12 atom stereocenters. The Labute approximate surface area is 596 Å². The van der Waals surface area contributed by atoms with Gasteiger partial charge in [0, 0.05) is 31.9 Å². The Balaban J connectivity index is 0.000000254. The van der Waals surface area contributed by atoms with Crippen molar-refractivity contribution in [3.05, 3.63) is 91.0 Å². The third kappa shape index (κ3) is 23.8. The number of hydrogen-bond donors (Lipinski definition) is 12. The first kappa shape index (κ1) is 88.2. The number of amides is 4. The van der Waals surface area contributed by atoms with Gasteiger partial charge in [0.1, 0.15) is 54.3 Å². The van der Waals surface area contributed by atoms with Gasteiger partial charge in [0.25, 0.3) is 0 Å². The molecule has 37 nitrogen and oxygen atoms in total. The molecule has 4 aliphatic rings. The largest absolute Gasteiger partial charge is 0.449 e. The Morgan fingerprint density at radius 2 is 0.604 bits per heavy atom. The summed E-state index contributed by atoms with van der Waals surface area (Å²) in [7, 11) is 1.42. The highest BCUT2D eigenvalue weighted by Gasteiger charge is 2.62. The molecule has 8 heterocycles. The highest BCUT2D eigenvalue weighted by Crippen LogP contribution is 2.45. The van der Waals surface area contributed by atoms with Crippen molar-refractivity contribution >= 4 is 47.6 Å². The van der Waals surface area contributed by atoms with Gasteiger partial charge in [-0.3, -0.25) is 39.5 Å². The van der Waals surface area contributed by atoms with Crippen LogP contribution in [0.15, 0.2) is 68.2 Å². The fourth-order valence-corrected chi connectivity index (χ4v) is 9.98. The smallest absolute Gasteiger partial charge is 0.412 e. The van der Waals surface area contributed by atoms with Gasteiger partial charge < -0.3 is 83.5 Å². The van der Waals surface area contributed by atoms with Crippen LogP contribution in [0.5, 0.6) is 0 Å². The molecule has 4 aromatic rings. The Morgan fingerprint density at radius 1 is 0.387 bits per heavy atom. The third-order valence-corrected chi connectivity index (χ3v) is 15.7. The lowest BCUT2D eigenvalue weighted by atomic mass is 10.1. The summed E-state index contributed by atoms with van der Waals surface area (Å²) < 4.78 is 158. The molecule has 0 aliphatic carbocycles. The average molecular weight is 1540 g/mol. The summed E-state index contributed by atoms with van der Waals surface area (Å²) >= 11 is 0. The van der Waals surface area contributed by atoms with E-state index in [1.54, 1.807) is 0 Å². The maximum atomic E-state index is 14.1. The van der Waals surface area contributed by atoms with E-state index in [-0.39, 0.29) is 56.3 Å². The van der Waals surface area contributed by atoms with E-state index in [1.807, 2.05) is 6.92 Å². The lowest BCUT2D eigenvalue weighted by Crippen LogP contribution is -2.41. The summed E-state index contributed by atoms with van der Waals surface area (Å²) in [6, 6.07) is 4.45. The number of nitrogens with zero attached hydrogens (tertiary/aromatic N) is 8. The Bertz CT molecular complexity index is 3700. The van der Waals surface area contributed by atoms with Crippen LogP contribution >= 0.6 is 0 Å². The van der Waals surface area contributed by atoms with Crippen molar-refractivity contribution in [3.63, 3.8) is 0 Å². The summed E-state index contributed by atoms with van der Waals surface area (Å²) in [5, 5.41) is 82.7. The van der Waals surface area contributed by atoms with E-state index in [1.165, 1.54) is 7.11 Å². The second-order valence-corrected chi connectivity index (χ2v) is 23.5. The van der Waals surface area contributed by atoms with E-state index >= 15 is 0 Å². The van der Waals surface area contributed by atoms with Crippen molar-refractivity contribution in [2.24, 2.45) is 0 Å². The molecule has 0 unspecified atom stereocenters. The topological polar surface area (TPSA) is 501 Å². The van der Waals surface area contributed by atoms with Gasteiger partial charge in [-0.2, -0.15) is 55.1 Å². The molecule has 0 aromatic carbocycles. The molecule has 4 fully saturated rings. The number of carbonyl (C=O) groups is 4. The monoisotopic (exact) mass is 1540 g/mol. The van der Waals surface area contributed by atoms with E-state index in [9.17, 15) is 93.9 Å². The molecule has 4 aliphatic heterocycles. The fraction of sp³-hybridized carbons (Fsp3) is 0.672.